The molecule has 0 amide bonds. The van der Waals surface area contributed by atoms with E-state index < -0.39 is 0 Å². The van der Waals surface area contributed by atoms with Gasteiger partial charge in [0.1, 0.15) is 5.52 Å². The van der Waals surface area contributed by atoms with Crippen molar-refractivity contribution >= 4 is 38.9 Å². The number of fused-ring (bicyclic) bond motifs is 2. The van der Waals surface area contributed by atoms with E-state index in [9.17, 15) is 0 Å². The Kier molecular flexibility index (Phi) is 8.51. The molecule has 1 aromatic heterocycles. The Morgan fingerprint density at radius 3 is 1.50 bits per heavy atom. The molecule has 0 atom stereocenters. The van der Waals surface area contributed by atoms with Crippen molar-refractivity contribution in [2.75, 3.05) is 4.90 Å². The minimum atomic E-state index is 0.609. The summed E-state index contributed by atoms with van der Waals surface area (Å²) in [7, 11) is 0. The van der Waals surface area contributed by atoms with Crippen LogP contribution in [-0.4, -0.2) is 4.98 Å². The van der Waals surface area contributed by atoms with E-state index in [0.717, 1.165) is 67.1 Å². The lowest BCUT2D eigenvalue weighted by Gasteiger charge is -2.27. The standard InChI is InChI=1S/C53H36N2O/c1-4-14-37(15-5-1)43-22-12-24-47(35-43)55(48-25-13-23-44(36-48)45-27-26-38-16-10-11-21-42(38)34-45)46-30-28-40(29-31-46)50-33-32-49(39-17-6-2-7-18-39)51-52(50)56-53(54-51)41-19-8-3-9-20-41/h1-36H. The van der Waals surface area contributed by atoms with Crippen molar-refractivity contribution in [1.82, 2.24) is 4.98 Å². The molecule has 1 heterocycles. The van der Waals surface area contributed by atoms with Gasteiger partial charge in [0.2, 0.25) is 5.89 Å². The molecule has 0 bridgehead atoms. The molecule has 9 aromatic carbocycles. The molecule has 3 heteroatoms. The van der Waals surface area contributed by atoms with Crippen molar-refractivity contribution in [1.29, 1.82) is 0 Å². The van der Waals surface area contributed by atoms with Crippen molar-refractivity contribution in [3.05, 3.63) is 218 Å². The Labute approximate surface area is 326 Å². The predicted octanol–water partition coefficient (Wildman–Crippen LogP) is 14.8. The maximum atomic E-state index is 6.63. The molecule has 0 spiro atoms. The van der Waals surface area contributed by atoms with Crippen LogP contribution in [0.5, 0.6) is 0 Å². The molecule has 0 aliphatic rings. The number of nitrogens with zero attached hydrogens (tertiary/aromatic N) is 2. The van der Waals surface area contributed by atoms with Gasteiger partial charge >= 0.3 is 0 Å². The first-order valence-corrected chi connectivity index (χ1v) is 18.9. The molecule has 0 aliphatic carbocycles. The lowest BCUT2D eigenvalue weighted by Crippen LogP contribution is -2.10. The van der Waals surface area contributed by atoms with Gasteiger partial charge in [0, 0.05) is 33.8 Å². The van der Waals surface area contributed by atoms with E-state index in [1.54, 1.807) is 0 Å². The van der Waals surface area contributed by atoms with Crippen LogP contribution in [0.15, 0.2) is 223 Å². The Hall–Kier alpha value is -7.49. The molecule has 264 valence electrons. The molecule has 0 aliphatic heterocycles. The van der Waals surface area contributed by atoms with Gasteiger partial charge in [-0.3, -0.25) is 0 Å². The molecular weight excluding hydrogens is 681 g/mol. The zero-order valence-electron chi connectivity index (χ0n) is 30.6. The largest absolute Gasteiger partial charge is 0.435 e. The minimum absolute atomic E-state index is 0.609. The lowest BCUT2D eigenvalue weighted by molar-refractivity contribution is 0.621. The SMILES string of the molecule is c1ccc(-c2cccc(N(c3ccc(-c4ccc(-c5ccccc5)c5nc(-c6ccccc6)oc45)cc3)c3cccc(-c4ccc5ccccc5c4)c3)c2)cc1. The van der Waals surface area contributed by atoms with Crippen molar-refractivity contribution < 1.29 is 4.42 Å². The molecular formula is C53H36N2O. The van der Waals surface area contributed by atoms with Gasteiger partial charge in [-0.15, -0.1) is 0 Å². The van der Waals surface area contributed by atoms with E-state index in [2.05, 4.69) is 187 Å². The van der Waals surface area contributed by atoms with Crippen LogP contribution in [0.3, 0.4) is 0 Å². The van der Waals surface area contributed by atoms with E-state index in [1.165, 1.54) is 21.9 Å². The van der Waals surface area contributed by atoms with Gasteiger partial charge in [-0.2, -0.15) is 0 Å². The summed E-state index contributed by atoms with van der Waals surface area (Å²) in [5.41, 5.74) is 14.7. The van der Waals surface area contributed by atoms with E-state index in [1.807, 2.05) is 36.4 Å². The predicted molar refractivity (Wildman–Crippen MR) is 233 cm³/mol. The average molecular weight is 717 g/mol. The van der Waals surface area contributed by atoms with E-state index in [4.69, 9.17) is 9.40 Å². The van der Waals surface area contributed by atoms with E-state index in [-0.39, 0.29) is 0 Å². The van der Waals surface area contributed by atoms with Crippen LogP contribution in [0.25, 0.3) is 77.8 Å². The number of rotatable bonds is 8. The second-order valence-corrected chi connectivity index (χ2v) is 14.0. The number of aromatic nitrogens is 1. The molecule has 0 fully saturated rings. The highest BCUT2D eigenvalue weighted by molar-refractivity contribution is 6.01. The van der Waals surface area contributed by atoms with E-state index in [0.29, 0.717) is 5.89 Å². The van der Waals surface area contributed by atoms with Crippen molar-refractivity contribution in [2.45, 2.75) is 0 Å². The molecule has 56 heavy (non-hydrogen) atoms. The highest BCUT2D eigenvalue weighted by atomic mass is 16.3. The molecule has 0 radical (unpaired) electrons. The van der Waals surface area contributed by atoms with Crippen molar-refractivity contribution in [3.8, 4) is 56.0 Å². The zero-order chi connectivity index (χ0) is 37.3. The molecule has 0 saturated heterocycles. The number of hydrogen-bond acceptors (Lipinski definition) is 3. The van der Waals surface area contributed by atoms with Crippen molar-refractivity contribution in [2.24, 2.45) is 0 Å². The Bertz CT molecular complexity index is 2950. The fourth-order valence-corrected chi connectivity index (χ4v) is 7.67. The van der Waals surface area contributed by atoms with Gasteiger partial charge < -0.3 is 9.32 Å². The van der Waals surface area contributed by atoms with Crippen LogP contribution in [0, 0.1) is 0 Å². The van der Waals surface area contributed by atoms with Gasteiger partial charge in [0.15, 0.2) is 5.58 Å². The first-order chi connectivity index (χ1) is 27.7. The number of oxazole rings is 1. The fourth-order valence-electron chi connectivity index (χ4n) is 7.67. The first kappa shape index (κ1) is 33.1. The molecule has 0 N–H and O–H groups in total. The summed E-state index contributed by atoms with van der Waals surface area (Å²) in [5.74, 6) is 0.609. The van der Waals surface area contributed by atoms with Gasteiger partial charge in [0.05, 0.1) is 0 Å². The Balaban J connectivity index is 1.09. The third-order valence-electron chi connectivity index (χ3n) is 10.5. The number of hydrogen-bond donors (Lipinski definition) is 0. The monoisotopic (exact) mass is 716 g/mol. The zero-order valence-corrected chi connectivity index (χ0v) is 30.6. The highest BCUT2D eigenvalue weighted by Crippen LogP contribution is 2.42. The van der Waals surface area contributed by atoms with E-state index >= 15 is 0 Å². The van der Waals surface area contributed by atoms with Crippen molar-refractivity contribution in [3.63, 3.8) is 0 Å². The lowest BCUT2D eigenvalue weighted by atomic mass is 9.98. The summed E-state index contributed by atoms with van der Waals surface area (Å²) in [6, 6.07) is 77.0. The van der Waals surface area contributed by atoms with Gasteiger partial charge in [-0.1, -0.05) is 158 Å². The molecule has 0 saturated carbocycles. The van der Waals surface area contributed by atoms with Crippen LogP contribution >= 0.6 is 0 Å². The maximum Gasteiger partial charge on any atom is 0.227 e. The molecule has 3 nitrogen and oxygen atoms in total. The summed E-state index contributed by atoms with van der Waals surface area (Å²) < 4.78 is 6.63. The maximum absolute atomic E-state index is 6.63. The van der Waals surface area contributed by atoms with Crippen LogP contribution < -0.4 is 4.90 Å². The van der Waals surface area contributed by atoms with Gasteiger partial charge in [-0.05, 0) is 105 Å². The third-order valence-corrected chi connectivity index (χ3v) is 10.5. The van der Waals surface area contributed by atoms with Gasteiger partial charge in [-0.25, -0.2) is 4.98 Å². The quantitative estimate of drug-likeness (QED) is 0.157. The summed E-state index contributed by atoms with van der Waals surface area (Å²) in [6.07, 6.45) is 0. The summed E-state index contributed by atoms with van der Waals surface area (Å²) in [6.45, 7) is 0. The van der Waals surface area contributed by atoms with Gasteiger partial charge in [0.25, 0.3) is 0 Å². The van der Waals surface area contributed by atoms with Crippen LogP contribution in [-0.2, 0) is 0 Å². The fraction of sp³-hybridized carbons (Fsp3) is 0. The third kappa shape index (κ3) is 6.31. The van der Waals surface area contributed by atoms with Crippen LogP contribution in [0.2, 0.25) is 0 Å². The normalized spacial score (nSPS) is 11.2. The average Bonchev–Trinajstić information content (AvgIpc) is 3.73. The number of benzene rings is 9. The molecule has 0 unspecified atom stereocenters. The highest BCUT2D eigenvalue weighted by Gasteiger charge is 2.19. The van der Waals surface area contributed by atoms with Crippen LogP contribution in [0.4, 0.5) is 17.1 Å². The molecule has 10 rings (SSSR count). The second-order valence-electron chi connectivity index (χ2n) is 14.0. The van der Waals surface area contributed by atoms with Crippen LogP contribution in [0.1, 0.15) is 0 Å². The smallest absolute Gasteiger partial charge is 0.227 e. The topological polar surface area (TPSA) is 29.3 Å². The first-order valence-electron chi connectivity index (χ1n) is 18.9. The molecule has 10 aromatic rings. The number of anilines is 3. The summed E-state index contributed by atoms with van der Waals surface area (Å²) >= 11 is 0. The second kappa shape index (κ2) is 14.4. The minimum Gasteiger partial charge on any atom is -0.435 e. The summed E-state index contributed by atoms with van der Waals surface area (Å²) in [4.78, 5) is 7.42. The Morgan fingerprint density at radius 2 is 0.821 bits per heavy atom. The summed E-state index contributed by atoms with van der Waals surface area (Å²) in [5, 5.41) is 2.47. The Morgan fingerprint density at radius 1 is 0.321 bits per heavy atom.